The first kappa shape index (κ1) is 26.0. The molecule has 1 aromatic heterocycles. The minimum Gasteiger partial charge on any atom is -0.497 e. The van der Waals surface area contributed by atoms with Crippen molar-refractivity contribution in [1.29, 1.82) is 0 Å². The van der Waals surface area contributed by atoms with Gasteiger partial charge in [-0.2, -0.15) is 0 Å². The second-order valence-electron chi connectivity index (χ2n) is 8.00. The van der Waals surface area contributed by atoms with Crippen LogP contribution in [0.15, 0.2) is 57.5 Å². The standard InChI is InChI=1S/C27H28N2O7S/c1-7-36-26(31)21-15(2)28-27-29(22(21)16-8-11-18(32-3)12-9-16)25(30)20(37-27)14-17-10-13-19(33-4)24(35-6)23(17)34-5/h8-14,22H,7H2,1-6H3/b20-14-/t22-/m1/s1. The van der Waals surface area contributed by atoms with E-state index in [4.69, 9.17) is 23.7 Å². The number of methoxy groups -OCH3 is 4. The molecular weight excluding hydrogens is 496 g/mol. The maximum absolute atomic E-state index is 13.8. The molecule has 4 rings (SSSR count). The number of fused-ring (bicyclic) bond motifs is 1. The molecule has 0 fully saturated rings. The molecule has 2 aromatic carbocycles. The average molecular weight is 525 g/mol. The van der Waals surface area contributed by atoms with Crippen LogP contribution in [0.1, 0.15) is 31.0 Å². The van der Waals surface area contributed by atoms with E-state index in [1.54, 1.807) is 51.3 Å². The van der Waals surface area contributed by atoms with Gasteiger partial charge < -0.3 is 23.7 Å². The van der Waals surface area contributed by atoms with Crippen LogP contribution in [0.25, 0.3) is 6.08 Å². The Labute approximate surface area is 217 Å². The van der Waals surface area contributed by atoms with Gasteiger partial charge >= 0.3 is 5.97 Å². The summed E-state index contributed by atoms with van der Waals surface area (Å²) in [6, 6.07) is 10.1. The van der Waals surface area contributed by atoms with Gasteiger partial charge in [0.15, 0.2) is 16.3 Å². The zero-order valence-corrected chi connectivity index (χ0v) is 22.3. The molecule has 1 aliphatic rings. The molecule has 1 atom stereocenters. The van der Waals surface area contributed by atoms with Crippen molar-refractivity contribution in [3.05, 3.63) is 78.5 Å². The van der Waals surface area contributed by atoms with Crippen molar-refractivity contribution in [3.8, 4) is 23.0 Å². The van der Waals surface area contributed by atoms with Crippen molar-refractivity contribution in [1.82, 2.24) is 4.57 Å². The fourth-order valence-electron chi connectivity index (χ4n) is 4.27. The number of carbonyl (C=O) groups is 1. The topological polar surface area (TPSA) is 97.6 Å². The van der Waals surface area contributed by atoms with Crippen LogP contribution in [0, 0.1) is 0 Å². The number of thiazole rings is 1. The quantitative estimate of drug-likeness (QED) is 0.418. The van der Waals surface area contributed by atoms with Gasteiger partial charge in [0.05, 0.1) is 56.9 Å². The van der Waals surface area contributed by atoms with Gasteiger partial charge in [0.1, 0.15) is 5.75 Å². The minimum atomic E-state index is -0.712. The second-order valence-corrected chi connectivity index (χ2v) is 9.01. The van der Waals surface area contributed by atoms with Crippen LogP contribution in [-0.4, -0.2) is 45.6 Å². The number of benzene rings is 2. The summed E-state index contributed by atoms with van der Waals surface area (Å²) in [6.07, 6.45) is 1.72. The number of rotatable bonds is 8. The Morgan fingerprint density at radius 1 is 1.00 bits per heavy atom. The summed E-state index contributed by atoms with van der Waals surface area (Å²) < 4.78 is 29.0. The molecule has 0 saturated heterocycles. The Morgan fingerprint density at radius 3 is 2.30 bits per heavy atom. The molecule has 1 aliphatic heterocycles. The molecule has 0 N–H and O–H groups in total. The SMILES string of the molecule is CCOC(=O)C1=C(C)N=c2s/c(=C\c3ccc(OC)c(OC)c3OC)c(=O)n2[C@@H]1c1ccc(OC)cc1. The van der Waals surface area contributed by atoms with Crippen molar-refractivity contribution in [2.24, 2.45) is 4.99 Å². The number of allylic oxidation sites excluding steroid dienone is 1. The van der Waals surface area contributed by atoms with E-state index in [9.17, 15) is 9.59 Å². The number of ether oxygens (including phenoxy) is 5. The summed E-state index contributed by atoms with van der Waals surface area (Å²) in [5, 5.41) is 0. The largest absolute Gasteiger partial charge is 0.497 e. The van der Waals surface area contributed by atoms with E-state index in [2.05, 4.69) is 4.99 Å². The number of hydrogen-bond acceptors (Lipinski definition) is 9. The highest BCUT2D eigenvalue weighted by Crippen LogP contribution is 2.40. The maximum atomic E-state index is 13.8. The van der Waals surface area contributed by atoms with E-state index < -0.39 is 12.0 Å². The van der Waals surface area contributed by atoms with E-state index in [0.717, 1.165) is 5.56 Å². The van der Waals surface area contributed by atoms with Gasteiger partial charge in [-0.3, -0.25) is 9.36 Å². The summed E-state index contributed by atoms with van der Waals surface area (Å²) in [5.41, 5.74) is 1.88. The summed E-state index contributed by atoms with van der Waals surface area (Å²) >= 11 is 1.23. The Balaban J connectivity index is 1.96. The zero-order valence-electron chi connectivity index (χ0n) is 21.5. The van der Waals surface area contributed by atoms with Gasteiger partial charge in [0.2, 0.25) is 5.75 Å². The Kier molecular flexibility index (Phi) is 7.68. The van der Waals surface area contributed by atoms with Crippen molar-refractivity contribution in [2.45, 2.75) is 19.9 Å². The predicted molar refractivity (Wildman–Crippen MR) is 139 cm³/mol. The molecule has 10 heteroatoms. The van der Waals surface area contributed by atoms with Gasteiger partial charge in [-0.25, -0.2) is 9.79 Å². The van der Waals surface area contributed by atoms with Gasteiger partial charge in [0, 0.05) is 5.56 Å². The van der Waals surface area contributed by atoms with Crippen LogP contribution < -0.4 is 33.8 Å². The molecule has 0 saturated carbocycles. The molecule has 37 heavy (non-hydrogen) atoms. The second kappa shape index (κ2) is 10.9. The molecule has 9 nitrogen and oxygen atoms in total. The van der Waals surface area contributed by atoms with Crippen LogP contribution in [0.5, 0.6) is 23.0 Å². The smallest absolute Gasteiger partial charge is 0.338 e. The van der Waals surface area contributed by atoms with Crippen molar-refractivity contribution in [2.75, 3.05) is 35.0 Å². The third-order valence-corrected chi connectivity index (χ3v) is 6.95. The molecule has 0 aliphatic carbocycles. The van der Waals surface area contributed by atoms with Crippen molar-refractivity contribution >= 4 is 23.4 Å². The van der Waals surface area contributed by atoms with E-state index in [-0.39, 0.29) is 12.2 Å². The van der Waals surface area contributed by atoms with Crippen LogP contribution >= 0.6 is 11.3 Å². The van der Waals surface area contributed by atoms with Crippen LogP contribution in [0.3, 0.4) is 0 Å². The molecule has 0 bridgehead atoms. The third-order valence-electron chi connectivity index (χ3n) is 5.97. The van der Waals surface area contributed by atoms with Crippen molar-refractivity contribution < 1.29 is 28.5 Å². The average Bonchev–Trinajstić information content (AvgIpc) is 3.21. The molecule has 194 valence electrons. The summed E-state index contributed by atoms with van der Waals surface area (Å²) in [4.78, 5) is 31.9. The number of hydrogen-bond donors (Lipinski definition) is 0. The van der Waals surface area contributed by atoms with E-state index >= 15 is 0 Å². The van der Waals surface area contributed by atoms with Crippen LogP contribution in [-0.2, 0) is 9.53 Å². The fourth-order valence-corrected chi connectivity index (χ4v) is 5.31. The first-order valence-corrected chi connectivity index (χ1v) is 12.3. The molecule has 0 unspecified atom stereocenters. The number of aromatic nitrogens is 1. The molecule has 3 aromatic rings. The highest BCUT2D eigenvalue weighted by Gasteiger charge is 2.33. The van der Waals surface area contributed by atoms with E-state index in [1.807, 2.05) is 12.1 Å². The van der Waals surface area contributed by atoms with Gasteiger partial charge in [-0.05, 0) is 49.8 Å². The normalized spacial score (nSPS) is 15.1. The van der Waals surface area contributed by atoms with Crippen LogP contribution in [0.2, 0.25) is 0 Å². The van der Waals surface area contributed by atoms with Gasteiger partial charge in [0.25, 0.3) is 5.56 Å². The Bertz CT molecular complexity index is 1530. The Morgan fingerprint density at radius 2 is 1.70 bits per heavy atom. The lowest BCUT2D eigenvalue weighted by Gasteiger charge is -2.24. The lowest BCUT2D eigenvalue weighted by atomic mass is 9.96. The summed E-state index contributed by atoms with van der Waals surface area (Å²) in [7, 11) is 6.16. The first-order valence-electron chi connectivity index (χ1n) is 11.5. The number of carbonyl (C=O) groups excluding carboxylic acids is 1. The van der Waals surface area contributed by atoms with Gasteiger partial charge in [-0.15, -0.1) is 0 Å². The highest BCUT2D eigenvalue weighted by atomic mass is 32.1. The highest BCUT2D eigenvalue weighted by molar-refractivity contribution is 7.07. The van der Waals surface area contributed by atoms with Gasteiger partial charge in [-0.1, -0.05) is 23.5 Å². The maximum Gasteiger partial charge on any atom is 0.338 e. The Hall–Kier alpha value is -4.05. The summed E-state index contributed by atoms with van der Waals surface area (Å²) in [6.45, 7) is 3.69. The minimum absolute atomic E-state index is 0.203. The number of nitrogens with zero attached hydrogens (tertiary/aromatic N) is 2. The molecule has 2 heterocycles. The monoisotopic (exact) mass is 524 g/mol. The van der Waals surface area contributed by atoms with E-state index in [1.165, 1.54) is 37.2 Å². The number of esters is 1. The molecule has 0 radical (unpaired) electrons. The molecule has 0 amide bonds. The van der Waals surface area contributed by atoms with Crippen LogP contribution in [0.4, 0.5) is 0 Å². The third kappa shape index (κ3) is 4.72. The lowest BCUT2D eigenvalue weighted by molar-refractivity contribution is -0.139. The first-order chi connectivity index (χ1) is 17.9. The predicted octanol–water partition coefficient (Wildman–Crippen LogP) is 2.83. The summed E-state index contributed by atoms with van der Waals surface area (Å²) in [5.74, 6) is 1.51. The zero-order chi connectivity index (χ0) is 26.7. The van der Waals surface area contributed by atoms with E-state index in [0.29, 0.717) is 49.2 Å². The van der Waals surface area contributed by atoms with Crippen molar-refractivity contribution in [3.63, 3.8) is 0 Å². The molecular formula is C27H28N2O7S. The fraction of sp³-hybridized carbons (Fsp3) is 0.296. The lowest BCUT2D eigenvalue weighted by Crippen LogP contribution is -2.39. The molecule has 0 spiro atoms.